The van der Waals surface area contributed by atoms with Crippen molar-refractivity contribution in [3.63, 3.8) is 0 Å². The number of carboxylic acids is 1. The van der Waals surface area contributed by atoms with E-state index in [2.05, 4.69) is 4.90 Å². The van der Waals surface area contributed by atoms with Gasteiger partial charge in [0, 0.05) is 12.6 Å². The van der Waals surface area contributed by atoms with Gasteiger partial charge in [-0.25, -0.2) is 0 Å². The van der Waals surface area contributed by atoms with Crippen LogP contribution in [0.5, 0.6) is 0 Å². The molecule has 3 rings (SSSR count). The number of hydrogen-bond acceptors (Lipinski definition) is 2. The summed E-state index contributed by atoms with van der Waals surface area (Å²) in [5, 5.41) is 9.65. The Labute approximate surface area is 129 Å². The Balaban J connectivity index is 1.61. The summed E-state index contributed by atoms with van der Waals surface area (Å²) in [5.41, 5.74) is 0.210. The lowest BCUT2D eigenvalue weighted by molar-refractivity contribution is -0.154. The Morgan fingerprint density at radius 3 is 2.33 bits per heavy atom. The van der Waals surface area contributed by atoms with E-state index in [9.17, 15) is 9.90 Å². The van der Waals surface area contributed by atoms with Crippen LogP contribution in [0.2, 0.25) is 0 Å². The molecule has 2 aliphatic carbocycles. The summed E-state index contributed by atoms with van der Waals surface area (Å²) in [6, 6.07) is 0.654. The fraction of sp³-hybridized carbons (Fsp3) is 0.944. The monoisotopic (exact) mass is 293 g/mol. The van der Waals surface area contributed by atoms with E-state index in [1.807, 2.05) is 6.92 Å². The van der Waals surface area contributed by atoms with E-state index >= 15 is 0 Å². The van der Waals surface area contributed by atoms with Crippen molar-refractivity contribution in [1.29, 1.82) is 0 Å². The van der Waals surface area contributed by atoms with Crippen molar-refractivity contribution in [2.45, 2.75) is 83.6 Å². The van der Waals surface area contributed by atoms with Gasteiger partial charge in [0.2, 0.25) is 0 Å². The van der Waals surface area contributed by atoms with Crippen LogP contribution in [0.4, 0.5) is 0 Å². The molecule has 120 valence electrons. The van der Waals surface area contributed by atoms with E-state index in [-0.39, 0.29) is 0 Å². The number of likely N-dealkylation sites (tertiary alicyclic amines) is 1. The average Bonchev–Trinajstić information content (AvgIpc) is 2.96. The van der Waals surface area contributed by atoms with Crippen LogP contribution in [-0.2, 0) is 4.79 Å². The van der Waals surface area contributed by atoms with Gasteiger partial charge in [-0.05, 0) is 69.7 Å². The minimum atomic E-state index is -0.572. The van der Waals surface area contributed by atoms with Crippen molar-refractivity contribution < 1.29 is 9.90 Å². The summed E-state index contributed by atoms with van der Waals surface area (Å²) in [6.07, 6.45) is 13.9. The minimum absolute atomic E-state index is 0.471. The van der Waals surface area contributed by atoms with E-state index in [0.717, 1.165) is 32.4 Å². The molecule has 1 unspecified atom stereocenters. The summed E-state index contributed by atoms with van der Waals surface area (Å²) < 4.78 is 0. The van der Waals surface area contributed by atoms with Gasteiger partial charge >= 0.3 is 5.97 Å². The molecule has 1 aliphatic heterocycles. The van der Waals surface area contributed by atoms with Crippen LogP contribution < -0.4 is 0 Å². The molecule has 1 spiro atoms. The molecule has 1 atom stereocenters. The lowest BCUT2D eigenvalue weighted by atomic mass is 9.70. The molecular weight excluding hydrogens is 262 g/mol. The summed E-state index contributed by atoms with van der Waals surface area (Å²) >= 11 is 0. The van der Waals surface area contributed by atoms with Crippen molar-refractivity contribution in [2.75, 3.05) is 13.1 Å². The van der Waals surface area contributed by atoms with Crippen molar-refractivity contribution in [2.24, 2.45) is 10.8 Å². The lowest BCUT2D eigenvalue weighted by Crippen LogP contribution is -2.52. The maximum absolute atomic E-state index is 11.7. The van der Waals surface area contributed by atoms with Crippen molar-refractivity contribution >= 4 is 5.97 Å². The highest BCUT2D eigenvalue weighted by Crippen LogP contribution is 2.50. The van der Waals surface area contributed by atoms with Gasteiger partial charge in [-0.1, -0.05) is 19.8 Å². The first kappa shape index (κ1) is 15.3. The van der Waals surface area contributed by atoms with Gasteiger partial charge < -0.3 is 5.11 Å². The van der Waals surface area contributed by atoms with Crippen LogP contribution >= 0.6 is 0 Å². The number of aliphatic carboxylic acids is 1. The Bertz CT molecular complexity index is 379. The molecule has 0 aromatic rings. The highest BCUT2D eigenvalue weighted by Gasteiger charge is 2.44. The van der Waals surface area contributed by atoms with Gasteiger partial charge in [0.05, 0.1) is 5.41 Å². The largest absolute Gasteiger partial charge is 0.481 e. The van der Waals surface area contributed by atoms with E-state index in [0.29, 0.717) is 11.5 Å². The molecule has 2 saturated carbocycles. The molecule has 21 heavy (non-hydrogen) atoms. The van der Waals surface area contributed by atoms with Gasteiger partial charge in [-0.2, -0.15) is 0 Å². The second kappa shape index (κ2) is 5.91. The fourth-order valence-corrected chi connectivity index (χ4v) is 5.30. The van der Waals surface area contributed by atoms with Crippen LogP contribution in [0.25, 0.3) is 0 Å². The summed E-state index contributed by atoms with van der Waals surface area (Å²) in [5.74, 6) is -0.572. The Kier molecular flexibility index (Phi) is 4.31. The molecule has 3 heteroatoms. The van der Waals surface area contributed by atoms with Crippen LogP contribution in [0.3, 0.4) is 0 Å². The highest BCUT2D eigenvalue weighted by atomic mass is 16.4. The number of rotatable bonds is 3. The lowest BCUT2D eigenvalue weighted by Gasteiger charge is -2.47. The normalized spacial score (nSPS) is 34.3. The molecule has 1 heterocycles. The molecule has 0 bridgehead atoms. The Morgan fingerprint density at radius 2 is 1.76 bits per heavy atom. The molecule has 3 aliphatic rings. The maximum Gasteiger partial charge on any atom is 0.310 e. The van der Waals surface area contributed by atoms with Crippen molar-refractivity contribution in [3.8, 4) is 0 Å². The fourth-order valence-electron chi connectivity index (χ4n) is 5.30. The first-order valence-corrected chi connectivity index (χ1v) is 9.07. The summed E-state index contributed by atoms with van der Waals surface area (Å²) in [6.45, 7) is 3.95. The highest BCUT2D eigenvalue weighted by molar-refractivity contribution is 5.75. The standard InChI is InChI=1S/C18H31NO2/c1-2-18(16(20)21)10-5-13-19(14-18)15-6-11-17(12-7-15)8-3-4-9-17/h15H,2-14H2,1H3,(H,20,21). The van der Waals surface area contributed by atoms with Crippen molar-refractivity contribution in [1.82, 2.24) is 4.90 Å². The smallest absolute Gasteiger partial charge is 0.310 e. The van der Waals surface area contributed by atoms with Gasteiger partial charge in [0.25, 0.3) is 0 Å². The number of piperidine rings is 1. The topological polar surface area (TPSA) is 40.5 Å². The predicted molar refractivity (Wildman–Crippen MR) is 84.3 cm³/mol. The zero-order valence-electron chi connectivity index (χ0n) is 13.6. The minimum Gasteiger partial charge on any atom is -0.481 e. The molecule has 3 fully saturated rings. The molecule has 1 saturated heterocycles. The number of nitrogens with zero attached hydrogens (tertiary/aromatic N) is 1. The van der Waals surface area contributed by atoms with Crippen LogP contribution in [-0.4, -0.2) is 35.1 Å². The summed E-state index contributed by atoms with van der Waals surface area (Å²) in [7, 11) is 0. The first-order valence-electron chi connectivity index (χ1n) is 9.07. The number of carbonyl (C=O) groups is 1. The SMILES string of the molecule is CCC1(C(=O)O)CCCN(C2CCC3(CCCC3)CC2)C1. The second-order valence-corrected chi connectivity index (χ2v) is 7.95. The molecular formula is C18H31NO2. The van der Waals surface area contributed by atoms with E-state index in [1.54, 1.807) is 0 Å². The van der Waals surface area contributed by atoms with Gasteiger partial charge in [-0.15, -0.1) is 0 Å². The molecule has 0 amide bonds. The second-order valence-electron chi connectivity index (χ2n) is 7.95. The van der Waals surface area contributed by atoms with Crippen molar-refractivity contribution in [3.05, 3.63) is 0 Å². The maximum atomic E-state index is 11.7. The third kappa shape index (κ3) is 2.86. The molecule has 0 aromatic carbocycles. The molecule has 0 radical (unpaired) electrons. The van der Waals surface area contributed by atoms with Crippen LogP contribution in [0.15, 0.2) is 0 Å². The number of hydrogen-bond donors (Lipinski definition) is 1. The molecule has 1 N–H and O–H groups in total. The van der Waals surface area contributed by atoms with E-state index < -0.39 is 11.4 Å². The van der Waals surface area contributed by atoms with Gasteiger partial charge in [0.15, 0.2) is 0 Å². The Hall–Kier alpha value is -0.570. The molecule has 0 aromatic heterocycles. The quantitative estimate of drug-likeness (QED) is 0.853. The van der Waals surface area contributed by atoms with E-state index in [1.165, 1.54) is 51.4 Å². The van der Waals surface area contributed by atoms with E-state index in [4.69, 9.17) is 0 Å². The average molecular weight is 293 g/mol. The first-order chi connectivity index (χ1) is 10.1. The molecule has 3 nitrogen and oxygen atoms in total. The van der Waals surface area contributed by atoms with Gasteiger partial charge in [-0.3, -0.25) is 9.69 Å². The van der Waals surface area contributed by atoms with Gasteiger partial charge in [0.1, 0.15) is 0 Å². The third-order valence-corrected chi connectivity index (χ3v) is 6.93. The van der Waals surface area contributed by atoms with Crippen LogP contribution in [0.1, 0.15) is 77.6 Å². The van der Waals surface area contributed by atoms with Crippen LogP contribution in [0, 0.1) is 10.8 Å². The third-order valence-electron chi connectivity index (χ3n) is 6.93. The Morgan fingerprint density at radius 1 is 1.10 bits per heavy atom. The number of carboxylic acid groups (broad SMARTS) is 1. The predicted octanol–water partition coefficient (Wildman–Crippen LogP) is 4.07. The summed E-state index contributed by atoms with van der Waals surface area (Å²) in [4.78, 5) is 14.2. The zero-order chi connectivity index (χ0) is 14.9. The zero-order valence-corrected chi connectivity index (χ0v) is 13.6.